The Kier molecular flexibility index (Phi) is 5.13. The Hall–Kier alpha value is -2.61. The van der Waals surface area contributed by atoms with E-state index in [1.807, 2.05) is 24.3 Å². The van der Waals surface area contributed by atoms with E-state index in [0.717, 1.165) is 22.2 Å². The van der Waals surface area contributed by atoms with Crippen LogP contribution < -0.4 is 5.32 Å². The maximum Gasteiger partial charge on any atom is 0.417 e. The van der Waals surface area contributed by atoms with E-state index in [1.165, 1.54) is 29.1 Å². The quantitative estimate of drug-likeness (QED) is 0.644. The molecule has 1 heterocycles. The lowest BCUT2D eigenvalue weighted by Gasteiger charge is -2.13. The van der Waals surface area contributed by atoms with Crippen LogP contribution in [0.15, 0.2) is 65.3 Å². The molecule has 0 aliphatic rings. The Balaban J connectivity index is 1.83. The van der Waals surface area contributed by atoms with Gasteiger partial charge in [0.25, 0.3) is 5.91 Å². The van der Waals surface area contributed by atoms with Crippen LogP contribution in [0.3, 0.4) is 0 Å². The average molecular weight is 424 g/mol. The Labute approximate surface area is 155 Å². The average Bonchev–Trinajstić information content (AvgIpc) is 3.01. The molecule has 0 aliphatic heterocycles. The van der Waals surface area contributed by atoms with Gasteiger partial charge in [0.05, 0.1) is 23.9 Å². The number of rotatable bonds is 4. The fourth-order valence-electron chi connectivity index (χ4n) is 2.49. The zero-order valence-electron chi connectivity index (χ0n) is 13.3. The SMILES string of the molecule is O=C(Nc1ccnn1Cc1cccc(Br)c1)c1ccccc1C(F)(F)F. The van der Waals surface area contributed by atoms with Crippen LogP contribution in [0.4, 0.5) is 19.0 Å². The number of anilines is 1. The van der Waals surface area contributed by atoms with E-state index in [9.17, 15) is 18.0 Å². The molecule has 1 amide bonds. The molecule has 0 atom stereocenters. The van der Waals surface area contributed by atoms with Crippen molar-refractivity contribution < 1.29 is 18.0 Å². The van der Waals surface area contributed by atoms with Gasteiger partial charge in [-0.2, -0.15) is 18.3 Å². The van der Waals surface area contributed by atoms with Crippen LogP contribution in [-0.4, -0.2) is 15.7 Å². The number of hydrogen-bond acceptors (Lipinski definition) is 2. The van der Waals surface area contributed by atoms with Crippen LogP contribution in [0.2, 0.25) is 0 Å². The van der Waals surface area contributed by atoms with Crippen molar-refractivity contribution in [2.24, 2.45) is 0 Å². The van der Waals surface area contributed by atoms with Crippen LogP contribution in [0.25, 0.3) is 0 Å². The van der Waals surface area contributed by atoms with Crippen molar-refractivity contribution in [2.75, 3.05) is 5.32 Å². The molecule has 26 heavy (non-hydrogen) atoms. The lowest BCUT2D eigenvalue weighted by molar-refractivity contribution is -0.137. The number of carbonyl (C=O) groups excluding carboxylic acids is 1. The van der Waals surface area contributed by atoms with Gasteiger partial charge < -0.3 is 5.32 Å². The van der Waals surface area contributed by atoms with Crippen molar-refractivity contribution in [1.82, 2.24) is 9.78 Å². The van der Waals surface area contributed by atoms with Gasteiger partial charge in [0, 0.05) is 10.5 Å². The summed E-state index contributed by atoms with van der Waals surface area (Å²) in [7, 11) is 0. The van der Waals surface area contributed by atoms with E-state index < -0.39 is 23.2 Å². The van der Waals surface area contributed by atoms with Crippen molar-refractivity contribution in [2.45, 2.75) is 12.7 Å². The van der Waals surface area contributed by atoms with Crippen molar-refractivity contribution in [1.29, 1.82) is 0 Å². The maximum atomic E-state index is 13.1. The number of carbonyl (C=O) groups is 1. The van der Waals surface area contributed by atoms with Gasteiger partial charge in [-0.25, -0.2) is 4.68 Å². The Morgan fingerprint density at radius 1 is 1.12 bits per heavy atom. The number of hydrogen-bond donors (Lipinski definition) is 1. The molecule has 1 aromatic heterocycles. The van der Waals surface area contributed by atoms with Crippen LogP contribution in [0.5, 0.6) is 0 Å². The molecule has 2 aromatic carbocycles. The molecule has 0 saturated heterocycles. The molecule has 0 saturated carbocycles. The Bertz CT molecular complexity index is 937. The number of amides is 1. The summed E-state index contributed by atoms with van der Waals surface area (Å²) in [6.07, 6.45) is -3.13. The van der Waals surface area contributed by atoms with E-state index in [-0.39, 0.29) is 0 Å². The lowest BCUT2D eigenvalue weighted by atomic mass is 10.1. The third-order valence-corrected chi connectivity index (χ3v) is 4.15. The molecule has 0 unspecified atom stereocenters. The van der Waals surface area contributed by atoms with Gasteiger partial charge in [0.15, 0.2) is 0 Å². The summed E-state index contributed by atoms with van der Waals surface area (Å²) in [6, 6.07) is 13.7. The maximum absolute atomic E-state index is 13.1. The van der Waals surface area contributed by atoms with Gasteiger partial charge in [-0.05, 0) is 29.8 Å². The smallest absolute Gasteiger partial charge is 0.307 e. The molecule has 0 fully saturated rings. The highest BCUT2D eigenvalue weighted by Crippen LogP contribution is 2.32. The molecule has 134 valence electrons. The van der Waals surface area contributed by atoms with Gasteiger partial charge in [-0.3, -0.25) is 4.79 Å². The standard InChI is InChI=1S/C18H13BrF3N3O/c19-13-5-3-4-12(10-13)11-25-16(8-9-23-25)24-17(26)14-6-1-2-7-15(14)18(20,21)22/h1-10H,11H2,(H,24,26). The van der Waals surface area contributed by atoms with Crippen LogP contribution in [0.1, 0.15) is 21.5 Å². The van der Waals surface area contributed by atoms with Crippen LogP contribution in [-0.2, 0) is 12.7 Å². The third-order valence-electron chi connectivity index (χ3n) is 3.66. The number of nitrogens with one attached hydrogen (secondary N) is 1. The van der Waals surface area contributed by atoms with Crippen LogP contribution in [0, 0.1) is 0 Å². The molecule has 0 bridgehead atoms. The van der Waals surface area contributed by atoms with Crippen molar-refractivity contribution in [3.63, 3.8) is 0 Å². The number of nitrogens with zero attached hydrogens (tertiary/aromatic N) is 2. The molecule has 3 rings (SSSR count). The van der Waals surface area contributed by atoms with E-state index in [1.54, 1.807) is 0 Å². The first-order chi connectivity index (χ1) is 12.3. The number of aromatic nitrogens is 2. The summed E-state index contributed by atoms with van der Waals surface area (Å²) in [5.41, 5.74) is -0.486. The first-order valence-electron chi connectivity index (χ1n) is 7.58. The molecule has 3 aromatic rings. The summed E-state index contributed by atoms with van der Waals surface area (Å²) < 4.78 is 41.7. The number of benzene rings is 2. The molecular formula is C18H13BrF3N3O. The largest absolute Gasteiger partial charge is 0.417 e. The first kappa shape index (κ1) is 18.2. The molecule has 1 N–H and O–H groups in total. The fraction of sp³-hybridized carbons (Fsp3) is 0.111. The highest BCUT2D eigenvalue weighted by molar-refractivity contribution is 9.10. The van der Waals surface area contributed by atoms with Gasteiger partial charge in [-0.15, -0.1) is 0 Å². The van der Waals surface area contributed by atoms with E-state index in [4.69, 9.17) is 0 Å². The predicted octanol–water partition coefficient (Wildman–Crippen LogP) is 4.97. The Morgan fingerprint density at radius 2 is 1.88 bits per heavy atom. The van der Waals surface area contributed by atoms with Gasteiger partial charge in [0.1, 0.15) is 5.82 Å². The second kappa shape index (κ2) is 7.33. The molecule has 0 spiro atoms. The highest BCUT2D eigenvalue weighted by Gasteiger charge is 2.34. The fourth-order valence-corrected chi connectivity index (χ4v) is 2.93. The van der Waals surface area contributed by atoms with E-state index in [2.05, 4.69) is 26.3 Å². The summed E-state index contributed by atoms with van der Waals surface area (Å²) in [5, 5.41) is 6.63. The number of alkyl halides is 3. The monoisotopic (exact) mass is 423 g/mol. The summed E-state index contributed by atoms with van der Waals surface area (Å²) in [4.78, 5) is 12.4. The van der Waals surface area contributed by atoms with Crippen molar-refractivity contribution in [3.05, 3.63) is 82.0 Å². The zero-order valence-corrected chi connectivity index (χ0v) is 14.9. The first-order valence-corrected chi connectivity index (χ1v) is 8.38. The molecule has 4 nitrogen and oxygen atoms in total. The molecule has 8 heteroatoms. The molecular weight excluding hydrogens is 411 g/mol. The second-order valence-electron chi connectivity index (χ2n) is 5.50. The Morgan fingerprint density at radius 3 is 2.62 bits per heavy atom. The second-order valence-corrected chi connectivity index (χ2v) is 6.42. The van der Waals surface area contributed by atoms with Crippen molar-refractivity contribution >= 4 is 27.7 Å². The van der Waals surface area contributed by atoms with E-state index in [0.29, 0.717) is 12.4 Å². The third kappa shape index (κ3) is 4.13. The zero-order chi connectivity index (χ0) is 18.7. The minimum atomic E-state index is -4.61. The molecule has 0 aliphatic carbocycles. The van der Waals surface area contributed by atoms with E-state index >= 15 is 0 Å². The van der Waals surface area contributed by atoms with Gasteiger partial charge >= 0.3 is 6.18 Å². The normalized spacial score (nSPS) is 11.4. The molecule has 0 radical (unpaired) electrons. The lowest BCUT2D eigenvalue weighted by Crippen LogP contribution is -2.20. The highest BCUT2D eigenvalue weighted by atomic mass is 79.9. The van der Waals surface area contributed by atoms with Gasteiger partial charge in [0.2, 0.25) is 0 Å². The minimum Gasteiger partial charge on any atom is -0.307 e. The van der Waals surface area contributed by atoms with Crippen molar-refractivity contribution in [3.8, 4) is 0 Å². The number of halogens is 4. The minimum absolute atomic E-state index is 0.312. The topological polar surface area (TPSA) is 46.9 Å². The van der Waals surface area contributed by atoms with Crippen LogP contribution >= 0.6 is 15.9 Å². The summed E-state index contributed by atoms with van der Waals surface area (Å²) >= 11 is 3.38. The van der Waals surface area contributed by atoms with Gasteiger partial charge in [-0.1, -0.05) is 40.2 Å². The summed E-state index contributed by atoms with van der Waals surface area (Å²) in [6.45, 7) is 0.364. The predicted molar refractivity (Wildman–Crippen MR) is 94.9 cm³/mol. The summed E-state index contributed by atoms with van der Waals surface area (Å²) in [5.74, 6) is -0.527.